The van der Waals surface area contributed by atoms with E-state index in [-0.39, 0.29) is 5.56 Å². The Morgan fingerprint density at radius 3 is 2.68 bits per heavy atom. The highest BCUT2D eigenvalue weighted by Gasteiger charge is 2.18. The van der Waals surface area contributed by atoms with Gasteiger partial charge in [-0.3, -0.25) is 14.7 Å². The van der Waals surface area contributed by atoms with Crippen molar-refractivity contribution in [3.63, 3.8) is 0 Å². The summed E-state index contributed by atoms with van der Waals surface area (Å²) in [4.78, 5) is 24.9. The molecule has 1 saturated heterocycles. The Kier molecular flexibility index (Phi) is 4.43. The standard InChI is InChI=1S/C15H20N6O/c1-13-11-16-12-14(18-13)20-8-5-19(6-9-20)7-10-21-15(22)3-2-4-17-21/h2-4,11-12H,5-10H2,1H3. The lowest BCUT2D eigenvalue weighted by molar-refractivity contribution is 0.242. The van der Waals surface area contributed by atoms with E-state index in [1.165, 1.54) is 4.68 Å². The van der Waals surface area contributed by atoms with Gasteiger partial charge in [0.1, 0.15) is 5.82 Å². The molecule has 1 aliphatic rings. The second-order valence-electron chi connectivity index (χ2n) is 5.43. The molecule has 1 fully saturated rings. The zero-order valence-corrected chi connectivity index (χ0v) is 12.7. The summed E-state index contributed by atoms with van der Waals surface area (Å²) >= 11 is 0. The van der Waals surface area contributed by atoms with E-state index in [2.05, 4.69) is 24.9 Å². The van der Waals surface area contributed by atoms with Crippen LogP contribution in [0.2, 0.25) is 0 Å². The first-order valence-electron chi connectivity index (χ1n) is 7.50. The Bertz CT molecular complexity index is 677. The van der Waals surface area contributed by atoms with Gasteiger partial charge in [-0.2, -0.15) is 5.10 Å². The maximum absolute atomic E-state index is 11.6. The highest BCUT2D eigenvalue weighted by atomic mass is 16.1. The van der Waals surface area contributed by atoms with E-state index in [1.807, 2.05) is 13.1 Å². The van der Waals surface area contributed by atoms with E-state index >= 15 is 0 Å². The molecule has 7 nitrogen and oxygen atoms in total. The molecule has 116 valence electrons. The molecule has 0 bridgehead atoms. The molecule has 0 unspecified atom stereocenters. The summed E-state index contributed by atoms with van der Waals surface area (Å²) in [5.74, 6) is 0.945. The van der Waals surface area contributed by atoms with Crippen LogP contribution in [0.5, 0.6) is 0 Å². The van der Waals surface area contributed by atoms with Crippen LogP contribution in [0.15, 0.2) is 35.5 Å². The van der Waals surface area contributed by atoms with Crippen LogP contribution in [0.25, 0.3) is 0 Å². The largest absolute Gasteiger partial charge is 0.353 e. The van der Waals surface area contributed by atoms with Gasteiger partial charge in [-0.15, -0.1) is 0 Å². The smallest absolute Gasteiger partial charge is 0.266 e. The van der Waals surface area contributed by atoms with Crippen LogP contribution in [-0.2, 0) is 6.54 Å². The van der Waals surface area contributed by atoms with Crippen molar-refractivity contribution < 1.29 is 0 Å². The highest BCUT2D eigenvalue weighted by Crippen LogP contribution is 2.12. The molecule has 0 atom stereocenters. The lowest BCUT2D eigenvalue weighted by Crippen LogP contribution is -2.48. The third-order valence-corrected chi connectivity index (χ3v) is 3.85. The van der Waals surface area contributed by atoms with Crippen LogP contribution in [0.4, 0.5) is 5.82 Å². The number of anilines is 1. The van der Waals surface area contributed by atoms with Crippen LogP contribution in [0.1, 0.15) is 5.69 Å². The van der Waals surface area contributed by atoms with Crippen molar-refractivity contribution >= 4 is 5.82 Å². The van der Waals surface area contributed by atoms with E-state index < -0.39 is 0 Å². The molecule has 0 saturated carbocycles. The summed E-state index contributed by atoms with van der Waals surface area (Å²) in [6.45, 7) is 7.18. The van der Waals surface area contributed by atoms with Crippen LogP contribution in [-0.4, -0.2) is 57.4 Å². The normalized spacial score (nSPS) is 16.0. The lowest BCUT2D eigenvalue weighted by atomic mass is 10.3. The first-order valence-corrected chi connectivity index (χ1v) is 7.50. The van der Waals surface area contributed by atoms with Gasteiger partial charge in [0.2, 0.25) is 0 Å². The fraction of sp³-hybridized carbons (Fsp3) is 0.467. The fourth-order valence-corrected chi connectivity index (χ4v) is 2.59. The number of hydrogen-bond donors (Lipinski definition) is 0. The summed E-state index contributed by atoms with van der Waals surface area (Å²) in [5, 5.41) is 4.08. The first kappa shape index (κ1) is 14.6. The number of hydrogen-bond acceptors (Lipinski definition) is 6. The van der Waals surface area contributed by atoms with E-state index in [0.29, 0.717) is 6.54 Å². The minimum atomic E-state index is -0.0452. The van der Waals surface area contributed by atoms with E-state index in [1.54, 1.807) is 24.5 Å². The van der Waals surface area contributed by atoms with Crippen molar-refractivity contribution in [2.45, 2.75) is 13.5 Å². The predicted molar refractivity (Wildman–Crippen MR) is 83.9 cm³/mol. The van der Waals surface area contributed by atoms with Gasteiger partial charge < -0.3 is 4.90 Å². The van der Waals surface area contributed by atoms with Crippen molar-refractivity contribution in [3.05, 3.63) is 46.8 Å². The summed E-state index contributed by atoms with van der Waals surface area (Å²) in [6, 6.07) is 3.21. The molecule has 3 heterocycles. The average molecular weight is 300 g/mol. The average Bonchev–Trinajstić information content (AvgIpc) is 2.55. The van der Waals surface area contributed by atoms with E-state index in [4.69, 9.17) is 0 Å². The van der Waals surface area contributed by atoms with Gasteiger partial charge in [-0.05, 0) is 13.0 Å². The summed E-state index contributed by atoms with van der Waals surface area (Å²) in [6.07, 6.45) is 5.23. The number of aromatic nitrogens is 4. The fourth-order valence-electron chi connectivity index (χ4n) is 2.59. The molecule has 0 aromatic carbocycles. The molecule has 3 rings (SSSR count). The van der Waals surface area contributed by atoms with Crippen molar-refractivity contribution in [1.82, 2.24) is 24.6 Å². The van der Waals surface area contributed by atoms with Crippen LogP contribution < -0.4 is 10.5 Å². The molecular formula is C15H20N6O. The van der Waals surface area contributed by atoms with Gasteiger partial charge in [0.25, 0.3) is 5.56 Å². The maximum atomic E-state index is 11.6. The summed E-state index contributed by atoms with van der Waals surface area (Å²) in [7, 11) is 0. The molecule has 2 aromatic heterocycles. The Morgan fingerprint density at radius 2 is 1.95 bits per heavy atom. The Labute approximate surface area is 129 Å². The number of rotatable bonds is 4. The summed E-state index contributed by atoms with van der Waals surface area (Å²) in [5.41, 5.74) is 0.894. The highest BCUT2D eigenvalue weighted by molar-refractivity contribution is 5.36. The zero-order valence-electron chi connectivity index (χ0n) is 12.7. The van der Waals surface area contributed by atoms with Crippen LogP contribution in [0, 0.1) is 6.92 Å². The maximum Gasteiger partial charge on any atom is 0.266 e. The SMILES string of the molecule is Cc1cncc(N2CCN(CCn3ncccc3=O)CC2)n1. The molecule has 0 amide bonds. The molecule has 0 aliphatic carbocycles. The Hall–Kier alpha value is -2.28. The van der Waals surface area contributed by atoms with Gasteiger partial charge in [-0.1, -0.05) is 0 Å². The van der Waals surface area contributed by atoms with E-state index in [9.17, 15) is 4.79 Å². The minimum Gasteiger partial charge on any atom is -0.353 e. The van der Waals surface area contributed by atoms with Gasteiger partial charge >= 0.3 is 0 Å². The molecule has 7 heteroatoms. The number of aryl methyl sites for hydroxylation is 1. The Balaban J connectivity index is 1.52. The third-order valence-electron chi connectivity index (χ3n) is 3.85. The minimum absolute atomic E-state index is 0.0452. The molecule has 0 spiro atoms. The third kappa shape index (κ3) is 3.48. The molecule has 2 aromatic rings. The Morgan fingerprint density at radius 1 is 1.14 bits per heavy atom. The number of nitrogens with zero attached hydrogens (tertiary/aromatic N) is 6. The molecular weight excluding hydrogens is 280 g/mol. The second kappa shape index (κ2) is 6.65. The predicted octanol–water partition coefficient (Wildman–Crippen LogP) is 0.164. The quantitative estimate of drug-likeness (QED) is 0.801. The molecule has 1 aliphatic heterocycles. The van der Waals surface area contributed by atoms with Gasteiger partial charge in [0, 0.05) is 51.2 Å². The molecule has 22 heavy (non-hydrogen) atoms. The van der Waals surface area contributed by atoms with Crippen molar-refractivity contribution in [2.75, 3.05) is 37.6 Å². The topological polar surface area (TPSA) is 67.2 Å². The first-order chi connectivity index (χ1) is 10.7. The van der Waals surface area contributed by atoms with Gasteiger partial charge in [0.15, 0.2) is 0 Å². The second-order valence-corrected chi connectivity index (χ2v) is 5.43. The van der Waals surface area contributed by atoms with Crippen molar-refractivity contribution in [3.8, 4) is 0 Å². The monoisotopic (exact) mass is 300 g/mol. The van der Waals surface area contributed by atoms with Crippen molar-refractivity contribution in [2.24, 2.45) is 0 Å². The molecule has 0 N–H and O–H groups in total. The van der Waals surface area contributed by atoms with E-state index in [0.717, 1.165) is 44.2 Å². The number of piperazine rings is 1. The van der Waals surface area contributed by atoms with Gasteiger partial charge in [-0.25, -0.2) is 9.67 Å². The van der Waals surface area contributed by atoms with Crippen molar-refractivity contribution in [1.29, 1.82) is 0 Å². The summed E-state index contributed by atoms with van der Waals surface area (Å²) < 4.78 is 1.51. The van der Waals surface area contributed by atoms with Crippen LogP contribution in [0.3, 0.4) is 0 Å². The van der Waals surface area contributed by atoms with Crippen LogP contribution >= 0.6 is 0 Å². The molecule has 0 radical (unpaired) electrons. The van der Waals surface area contributed by atoms with Gasteiger partial charge in [0.05, 0.1) is 18.4 Å². The zero-order chi connectivity index (χ0) is 15.4. The lowest BCUT2D eigenvalue weighted by Gasteiger charge is -2.35.